The predicted molar refractivity (Wildman–Crippen MR) is 124 cm³/mol. The summed E-state index contributed by atoms with van der Waals surface area (Å²) in [5.74, 6) is 1.02. The second-order valence-corrected chi connectivity index (χ2v) is 7.30. The zero-order chi connectivity index (χ0) is 20.9. The highest BCUT2D eigenvalue weighted by Gasteiger charge is 2.41. The van der Waals surface area contributed by atoms with Gasteiger partial charge in [0.2, 0.25) is 0 Å². The molecule has 3 nitrogen and oxygen atoms in total. The Hall–Kier alpha value is -1.00. The Morgan fingerprint density at radius 2 is 1.59 bits per heavy atom. The lowest BCUT2D eigenvalue weighted by molar-refractivity contribution is -0.944. The molecule has 4 heteroatoms. The average molecular weight is 396 g/mol. The Morgan fingerprint density at radius 3 is 2.04 bits per heavy atom. The Kier molecular flexibility index (Phi) is 13.5. The minimum Gasteiger partial charge on any atom is -0.320 e. The summed E-state index contributed by atoms with van der Waals surface area (Å²) in [4.78, 5) is 13.1. The molecule has 1 saturated heterocycles. The van der Waals surface area contributed by atoms with Crippen molar-refractivity contribution in [3.05, 3.63) is 29.3 Å². The molecule has 1 aliphatic heterocycles. The first-order valence-corrected chi connectivity index (χ1v) is 11.5. The number of quaternary nitrogens is 1. The van der Waals surface area contributed by atoms with Crippen LogP contribution in [0.3, 0.4) is 0 Å². The summed E-state index contributed by atoms with van der Waals surface area (Å²) < 4.78 is 0.913. The van der Waals surface area contributed by atoms with Gasteiger partial charge >= 0.3 is 0 Å². The molecule has 1 heterocycles. The number of benzene rings is 1. The van der Waals surface area contributed by atoms with Gasteiger partial charge in [0.1, 0.15) is 0 Å². The molecular formula is C23H43N2OS+. The molecule has 27 heavy (non-hydrogen) atoms. The van der Waals surface area contributed by atoms with Crippen molar-refractivity contribution in [1.29, 1.82) is 0 Å². The van der Waals surface area contributed by atoms with E-state index < -0.39 is 0 Å². The average Bonchev–Trinajstić information content (AvgIpc) is 2.69. The van der Waals surface area contributed by atoms with E-state index in [0.717, 1.165) is 53.1 Å². The van der Waals surface area contributed by atoms with Gasteiger partial charge in [0.05, 0.1) is 19.6 Å². The number of rotatable bonds is 6. The molecule has 0 spiro atoms. The van der Waals surface area contributed by atoms with Gasteiger partial charge in [-0.25, -0.2) is 0 Å². The van der Waals surface area contributed by atoms with Crippen LogP contribution in [0.15, 0.2) is 18.2 Å². The first kappa shape index (κ1) is 26.0. The molecule has 1 aromatic rings. The Bertz CT molecular complexity index is 513. The molecule has 0 bridgehead atoms. The van der Waals surface area contributed by atoms with Gasteiger partial charge in [-0.1, -0.05) is 52.8 Å². The van der Waals surface area contributed by atoms with E-state index in [4.69, 9.17) is 0 Å². The zero-order valence-electron chi connectivity index (χ0n) is 18.8. The van der Waals surface area contributed by atoms with Crippen LogP contribution in [0.25, 0.3) is 0 Å². The molecular weight excluding hydrogens is 352 g/mol. The van der Waals surface area contributed by atoms with Crippen molar-refractivity contribution in [3.8, 4) is 0 Å². The summed E-state index contributed by atoms with van der Waals surface area (Å²) >= 11 is 4.47. The van der Waals surface area contributed by atoms with Gasteiger partial charge in [-0.3, -0.25) is 4.79 Å². The molecule has 0 aromatic heterocycles. The molecule has 1 aromatic carbocycles. The first-order chi connectivity index (χ1) is 13.0. The minimum absolute atomic E-state index is 0.0291. The lowest BCUT2D eigenvalue weighted by Crippen LogP contribution is -2.62. The number of carbonyl (C=O) groups is 1. The van der Waals surface area contributed by atoms with E-state index in [1.54, 1.807) is 0 Å². The van der Waals surface area contributed by atoms with E-state index in [9.17, 15) is 4.79 Å². The molecule has 2 rings (SSSR count). The van der Waals surface area contributed by atoms with Gasteiger partial charge < -0.3 is 9.80 Å². The number of hydrogen-bond acceptors (Lipinski definition) is 2. The van der Waals surface area contributed by atoms with Crippen LogP contribution < -0.4 is 5.32 Å². The molecule has 0 aliphatic carbocycles. The van der Waals surface area contributed by atoms with Crippen molar-refractivity contribution in [1.82, 2.24) is 0 Å². The second kappa shape index (κ2) is 14.1. The molecule has 1 amide bonds. The van der Waals surface area contributed by atoms with Crippen LogP contribution in [-0.4, -0.2) is 41.8 Å². The smallest absolute Gasteiger partial charge is 0.282 e. The Labute approximate surface area is 173 Å². The number of amides is 1. The minimum atomic E-state index is 0.0291. The van der Waals surface area contributed by atoms with E-state index in [1.807, 2.05) is 33.8 Å². The van der Waals surface area contributed by atoms with Gasteiger partial charge in [-0.05, 0) is 44.2 Å². The van der Waals surface area contributed by atoms with E-state index >= 15 is 0 Å². The fourth-order valence-electron chi connectivity index (χ4n) is 4.07. The highest BCUT2D eigenvalue weighted by atomic mass is 32.1. The van der Waals surface area contributed by atoms with Crippen LogP contribution in [0, 0.1) is 13.8 Å². The number of anilines is 1. The number of hydrogen-bond donors (Lipinski definition) is 2. The zero-order valence-corrected chi connectivity index (χ0v) is 19.7. The molecule has 1 unspecified atom stereocenters. The molecule has 0 saturated carbocycles. The molecule has 0 radical (unpaired) electrons. The van der Waals surface area contributed by atoms with Gasteiger partial charge in [-0.15, -0.1) is 0 Å². The molecule has 1 fully saturated rings. The van der Waals surface area contributed by atoms with Crippen LogP contribution in [0.2, 0.25) is 0 Å². The van der Waals surface area contributed by atoms with Crippen molar-refractivity contribution < 1.29 is 9.28 Å². The predicted octanol–water partition coefficient (Wildman–Crippen LogP) is 6.00. The lowest BCUT2D eigenvalue weighted by Gasteiger charge is -2.46. The third kappa shape index (κ3) is 7.15. The van der Waals surface area contributed by atoms with Crippen LogP contribution in [-0.2, 0) is 4.79 Å². The maximum Gasteiger partial charge on any atom is 0.282 e. The van der Waals surface area contributed by atoms with Gasteiger partial charge in [0.25, 0.3) is 5.91 Å². The van der Waals surface area contributed by atoms with Crippen LogP contribution in [0.4, 0.5) is 5.69 Å². The third-order valence-corrected chi connectivity index (χ3v) is 5.53. The van der Waals surface area contributed by atoms with Gasteiger partial charge in [-0.2, -0.15) is 12.6 Å². The summed E-state index contributed by atoms with van der Waals surface area (Å²) in [6.07, 6.45) is 4.62. The van der Waals surface area contributed by atoms with E-state index in [0.29, 0.717) is 0 Å². The Balaban J connectivity index is 0.00000158. The summed E-state index contributed by atoms with van der Waals surface area (Å²) in [7, 11) is 0. The van der Waals surface area contributed by atoms with Crippen LogP contribution >= 0.6 is 12.6 Å². The monoisotopic (exact) mass is 395 g/mol. The molecule has 1 N–H and O–H groups in total. The molecule has 156 valence electrons. The number of thiol groups is 1. The van der Waals surface area contributed by atoms with Crippen LogP contribution in [0.1, 0.15) is 71.4 Å². The highest BCUT2D eigenvalue weighted by molar-refractivity contribution is 7.80. The van der Waals surface area contributed by atoms with Gasteiger partial charge in [0, 0.05) is 17.9 Å². The van der Waals surface area contributed by atoms with E-state index in [2.05, 4.69) is 50.8 Å². The summed E-state index contributed by atoms with van der Waals surface area (Å²) in [5, 5.41) is 3.23. The van der Waals surface area contributed by atoms with Crippen molar-refractivity contribution >= 4 is 24.2 Å². The summed E-state index contributed by atoms with van der Waals surface area (Å²) in [6.45, 7) is 17.5. The molecule has 1 aliphatic rings. The van der Waals surface area contributed by atoms with Gasteiger partial charge in [0.15, 0.2) is 6.04 Å². The number of para-hydroxylation sites is 1. The second-order valence-electron chi connectivity index (χ2n) is 6.85. The fourth-order valence-corrected chi connectivity index (χ4v) is 4.47. The number of carbonyl (C=O) groups excluding carboxylic acids is 1. The molecule has 1 atom stereocenters. The largest absolute Gasteiger partial charge is 0.320 e. The van der Waals surface area contributed by atoms with Crippen molar-refractivity contribution in [2.75, 3.05) is 30.7 Å². The van der Waals surface area contributed by atoms with Crippen molar-refractivity contribution in [2.45, 2.75) is 80.2 Å². The number of nitrogens with one attached hydrogen (secondary N) is 1. The SMILES string of the molecule is CC.CC.CCC(C(=O)Nc1c(C)cccc1C)[N+]1(CCS)CCCCC1. The number of likely N-dealkylation sites (tertiary alicyclic amines) is 1. The van der Waals surface area contributed by atoms with Crippen molar-refractivity contribution in [3.63, 3.8) is 0 Å². The van der Waals surface area contributed by atoms with Crippen molar-refractivity contribution in [2.24, 2.45) is 0 Å². The van der Waals surface area contributed by atoms with E-state index in [-0.39, 0.29) is 11.9 Å². The highest BCUT2D eigenvalue weighted by Crippen LogP contribution is 2.27. The summed E-state index contributed by atoms with van der Waals surface area (Å²) in [6, 6.07) is 6.18. The standard InChI is InChI=1S/C19H30N2OS.2C2H6/c1-4-17(21(13-14-23)11-6-5-7-12-21)19(22)20-18-15(2)9-8-10-16(18)3;2*1-2/h8-10,17H,4-7,11-14H2,1-3H3,(H-,20,22,23);2*1-2H3/p+1. The Morgan fingerprint density at radius 1 is 1.07 bits per heavy atom. The maximum atomic E-state index is 13.1. The van der Waals surface area contributed by atoms with Crippen LogP contribution in [0.5, 0.6) is 0 Å². The number of nitrogens with zero attached hydrogens (tertiary/aromatic N) is 1. The lowest BCUT2D eigenvalue weighted by atomic mass is 10.00. The number of piperidine rings is 1. The quantitative estimate of drug-likeness (QED) is 0.448. The first-order valence-electron chi connectivity index (χ1n) is 10.9. The number of aryl methyl sites for hydroxylation is 2. The topological polar surface area (TPSA) is 29.1 Å². The maximum absolute atomic E-state index is 13.1. The third-order valence-electron chi connectivity index (χ3n) is 5.33. The normalized spacial score (nSPS) is 16.1. The van der Waals surface area contributed by atoms with E-state index in [1.165, 1.54) is 19.3 Å². The fraction of sp³-hybridized carbons (Fsp3) is 0.696. The summed E-state index contributed by atoms with van der Waals surface area (Å²) in [5.41, 5.74) is 3.25.